The van der Waals surface area contributed by atoms with Gasteiger partial charge in [0.2, 0.25) is 0 Å². The van der Waals surface area contributed by atoms with E-state index in [4.69, 9.17) is 9.84 Å². The summed E-state index contributed by atoms with van der Waals surface area (Å²) in [5, 5.41) is 8.95. The number of aromatic nitrogens is 2. The van der Waals surface area contributed by atoms with Crippen molar-refractivity contribution < 1.29 is 19.0 Å². The fourth-order valence-corrected chi connectivity index (χ4v) is 1.46. The van der Waals surface area contributed by atoms with E-state index in [1.807, 2.05) is 0 Å². The lowest BCUT2D eigenvalue weighted by Gasteiger charge is -2.08. The summed E-state index contributed by atoms with van der Waals surface area (Å²) in [5.41, 5.74) is 0.721. The molecule has 0 aliphatic rings. The van der Waals surface area contributed by atoms with Gasteiger partial charge in [-0.2, -0.15) is 0 Å². The Morgan fingerprint density at radius 1 is 1.47 bits per heavy atom. The minimum atomic E-state index is -1.13. The predicted octanol–water partition coefficient (Wildman–Crippen LogP) is 2.20. The third kappa shape index (κ3) is 3.04. The number of aromatic carboxylic acids is 1. The van der Waals surface area contributed by atoms with Crippen LogP contribution in [-0.4, -0.2) is 21.0 Å². The Bertz CT molecular complexity index is 617. The molecule has 0 saturated heterocycles. The van der Waals surface area contributed by atoms with Gasteiger partial charge in [0.25, 0.3) is 0 Å². The van der Waals surface area contributed by atoms with Gasteiger partial charge in [0.05, 0.1) is 5.69 Å². The predicted molar refractivity (Wildman–Crippen MR) is 64.5 cm³/mol. The largest absolute Gasteiger partial charge is 0.487 e. The van der Waals surface area contributed by atoms with Crippen LogP contribution in [-0.2, 0) is 6.61 Å². The zero-order chi connectivity index (χ0) is 13.8. The molecule has 0 aliphatic heterocycles. The quantitative estimate of drug-likeness (QED) is 0.914. The molecule has 19 heavy (non-hydrogen) atoms. The van der Waals surface area contributed by atoms with E-state index in [-0.39, 0.29) is 23.7 Å². The first kappa shape index (κ1) is 12.9. The standard InChI is InChI=1S/C13H11FN2O3/c1-8-2-3-9(4-11(8)14)19-6-12-10(13(17)18)5-15-7-16-12/h2-5,7H,6H2,1H3,(H,17,18). The first-order valence-corrected chi connectivity index (χ1v) is 5.49. The minimum absolute atomic E-state index is 0.0323. The maximum atomic E-state index is 13.3. The van der Waals surface area contributed by atoms with Gasteiger partial charge in [-0.1, -0.05) is 6.07 Å². The second kappa shape index (κ2) is 5.43. The second-order valence-corrected chi connectivity index (χ2v) is 3.89. The number of benzene rings is 1. The van der Waals surface area contributed by atoms with Crippen molar-refractivity contribution in [1.29, 1.82) is 0 Å². The summed E-state index contributed by atoms with van der Waals surface area (Å²) in [6, 6.07) is 4.44. The van der Waals surface area contributed by atoms with E-state index in [1.54, 1.807) is 19.1 Å². The molecule has 0 aliphatic carbocycles. The van der Waals surface area contributed by atoms with Crippen molar-refractivity contribution in [3.05, 3.63) is 53.4 Å². The van der Waals surface area contributed by atoms with Gasteiger partial charge in [-0.25, -0.2) is 19.2 Å². The summed E-state index contributed by atoms with van der Waals surface area (Å²) in [4.78, 5) is 18.4. The van der Waals surface area contributed by atoms with Crippen molar-refractivity contribution in [2.45, 2.75) is 13.5 Å². The summed E-state index contributed by atoms with van der Waals surface area (Å²) in [7, 11) is 0. The maximum absolute atomic E-state index is 13.3. The number of hydrogen-bond donors (Lipinski definition) is 1. The van der Waals surface area contributed by atoms with Gasteiger partial charge in [-0.05, 0) is 18.6 Å². The monoisotopic (exact) mass is 262 g/mol. The third-order valence-electron chi connectivity index (χ3n) is 2.54. The molecule has 0 atom stereocenters. The van der Waals surface area contributed by atoms with E-state index in [9.17, 15) is 9.18 Å². The Labute approximate surface area is 108 Å². The molecule has 0 spiro atoms. The van der Waals surface area contributed by atoms with Crippen molar-refractivity contribution in [2.24, 2.45) is 0 Å². The molecule has 0 amide bonds. The number of nitrogens with zero attached hydrogens (tertiary/aromatic N) is 2. The van der Waals surface area contributed by atoms with Crippen LogP contribution in [0, 0.1) is 12.7 Å². The van der Waals surface area contributed by atoms with E-state index in [1.165, 1.54) is 18.6 Å². The average molecular weight is 262 g/mol. The lowest BCUT2D eigenvalue weighted by atomic mass is 10.2. The van der Waals surface area contributed by atoms with Gasteiger partial charge in [-0.3, -0.25) is 0 Å². The Morgan fingerprint density at radius 2 is 2.26 bits per heavy atom. The molecule has 2 aromatic rings. The molecule has 2 rings (SSSR count). The smallest absolute Gasteiger partial charge is 0.339 e. The maximum Gasteiger partial charge on any atom is 0.339 e. The molecular formula is C13H11FN2O3. The lowest BCUT2D eigenvalue weighted by Crippen LogP contribution is -2.08. The average Bonchev–Trinajstić information content (AvgIpc) is 2.40. The van der Waals surface area contributed by atoms with Crippen LogP contribution in [0.4, 0.5) is 4.39 Å². The van der Waals surface area contributed by atoms with E-state index >= 15 is 0 Å². The van der Waals surface area contributed by atoms with Gasteiger partial charge >= 0.3 is 5.97 Å². The summed E-state index contributed by atoms with van der Waals surface area (Å²) < 4.78 is 18.6. The van der Waals surface area contributed by atoms with Crippen LogP contribution < -0.4 is 4.74 Å². The van der Waals surface area contributed by atoms with Gasteiger partial charge < -0.3 is 9.84 Å². The second-order valence-electron chi connectivity index (χ2n) is 3.89. The number of carboxylic acids is 1. The molecule has 1 heterocycles. The van der Waals surface area contributed by atoms with Crippen molar-refractivity contribution >= 4 is 5.97 Å². The number of halogens is 1. The van der Waals surface area contributed by atoms with E-state index in [0.29, 0.717) is 11.3 Å². The van der Waals surface area contributed by atoms with Crippen LogP contribution in [0.3, 0.4) is 0 Å². The molecule has 5 nitrogen and oxygen atoms in total. The van der Waals surface area contributed by atoms with Gasteiger partial charge in [0.15, 0.2) is 0 Å². The molecular weight excluding hydrogens is 251 g/mol. The zero-order valence-electron chi connectivity index (χ0n) is 10.1. The number of carboxylic acid groups (broad SMARTS) is 1. The number of carbonyl (C=O) groups is 1. The Morgan fingerprint density at radius 3 is 2.95 bits per heavy atom. The van der Waals surface area contributed by atoms with E-state index in [0.717, 1.165) is 0 Å². The van der Waals surface area contributed by atoms with E-state index < -0.39 is 5.97 Å². The number of hydrogen-bond acceptors (Lipinski definition) is 4. The van der Waals surface area contributed by atoms with Crippen LogP contribution >= 0.6 is 0 Å². The van der Waals surface area contributed by atoms with Crippen molar-refractivity contribution in [3.63, 3.8) is 0 Å². The van der Waals surface area contributed by atoms with Crippen LogP contribution in [0.2, 0.25) is 0 Å². The molecule has 1 aromatic carbocycles. The highest BCUT2D eigenvalue weighted by atomic mass is 19.1. The topological polar surface area (TPSA) is 72.3 Å². The Balaban J connectivity index is 2.14. The molecule has 6 heteroatoms. The van der Waals surface area contributed by atoms with Gasteiger partial charge in [0, 0.05) is 12.3 Å². The third-order valence-corrected chi connectivity index (χ3v) is 2.54. The van der Waals surface area contributed by atoms with Gasteiger partial charge in [0.1, 0.15) is 30.1 Å². The van der Waals surface area contributed by atoms with E-state index in [2.05, 4.69) is 9.97 Å². The summed E-state index contributed by atoms with van der Waals surface area (Å²) in [6.45, 7) is 1.58. The van der Waals surface area contributed by atoms with Crippen molar-refractivity contribution in [2.75, 3.05) is 0 Å². The first-order valence-electron chi connectivity index (χ1n) is 5.49. The van der Waals surface area contributed by atoms with Crippen molar-refractivity contribution in [1.82, 2.24) is 9.97 Å². The molecule has 1 N–H and O–H groups in total. The van der Waals surface area contributed by atoms with Crippen LogP contribution in [0.25, 0.3) is 0 Å². The van der Waals surface area contributed by atoms with Crippen LogP contribution in [0.15, 0.2) is 30.7 Å². The fraction of sp³-hybridized carbons (Fsp3) is 0.154. The highest BCUT2D eigenvalue weighted by Gasteiger charge is 2.12. The lowest BCUT2D eigenvalue weighted by molar-refractivity contribution is 0.0692. The summed E-state index contributed by atoms with van der Waals surface area (Å²) in [5.74, 6) is -1.19. The highest BCUT2D eigenvalue weighted by Crippen LogP contribution is 2.17. The number of ether oxygens (including phenoxy) is 1. The molecule has 0 bridgehead atoms. The zero-order valence-corrected chi connectivity index (χ0v) is 10.1. The number of aryl methyl sites for hydroxylation is 1. The summed E-state index contributed by atoms with van der Waals surface area (Å²) in [6.07, 6.45) is 2.44. The molecule has 1 aromatic heterocycles. The molecule has 0 unspecified atom stereocenters. The normalized spacial score (nSPS) is 10.2. The fourth-order valence-electron chi connectivity index (χ4n) is 1.46. The molecule has 0 radical (unpaired) electrons. The minimum Gasteiger partial charge on any atom is -0.487 e. The molecule has 0 fully saturated rings. The SMILES string of the molecule is Cc1ccc(OCc2ncncc2C(=O)O)cc1F. The van der Waals surface area contributed by atoms with Crippen LogP contribution in [0.1, 0.15) is 21.6 Å². The number of rotatable bonds is 4. The first-order chi connectivity index (χ1) is 9.08. The molecule has 0 saturated carbocycles. The van der Waals surface area contributed by atoms with Crippen LogP contribution in [0.5, 0.6) is 5.75 Å². The van der Waals surface area contributed by atoms with Crippen molar-refractivity contribution in [3.8, 4) is 5.75 Å². The van der Waals surface area contributed by atoms with Gasteiger partial charge in [-0.15, -0.1) is 0 Å². The Kier molecular flexibility index (Phi) is 3.70. The highest BCUT2D eigenvalue weighted by molar-refractivity contribution is 5.88. The Hall–Kier alpha value is -2.50. The summed E-state index contributed by atoms with van der Waals surface area (Å²) >= 11 is 0. The molecule has 98 valence electrons.